The van der Waals surface area contributed by atoms with Gasteiger partial charge in [-0.15, -0.1) is 5.10 Å². The Hall–Kier alpha value is -3.56. The van der Waals surface area contributed by atoms with Gasteiger partial charge in [0.2, 0.25) is 0 Å². The van der Waals surface area contributed by atoms with E-state index < -0.39 is 11.7 Å². The third-order valence-electron chi connectivity index (χ3n) is 4.11. The van der Waals surface area contributed by atoms with E-state index in [-0.39, 0.29) is 11.6 Å². The SMILES string of the molecule is Cn1nnc(-c2ccc(F)cc2)c1-c1cn(-c2ccc(C(F)(F)F)cn2)cn1. The zero-order chi connectivity index (χ0) is 19.9. The van der Waals surface area contributed by atoms with Gasteiger partial charge in [-0.05, 0) is 36.4 Å². The molecule has 3 heterocycles. The Bertz CT molecular complexity index is 1110. The van der Waals surface area contributed by atoms with Crippen molar-refractivity contribution in [3.05, 3.63) is 66.5 Å². The largest absolute Gasteiger partial charge is 0.417 e. The molecule has 0 atom stereocenters. The fourth-order valence-electron chi connectivity index (χ4n) is 2.72. The fraction of sp³-hybridized carbons (Fsp3) is 0.111. The molecule has 4 rings (SSSR count). The standard InChI is InChI=1S/C18H12F4N6/c1-27-17(16(25-26-27)11-2-5-13(19)6-3-11)14-9-28(10-24-14)15-7-4-12(8-23-15)18(20,21)22/h2-10H,1H3. The van der Waals surface area contributed by atoms with Crippen LogP contribution in [0.25, 0.3) is 28.5 Å². The molecule has 0 saturated carbocycles. The summed E-state index contributed by atoms with van der Waals surface area (Å²) in [7, 11) is 1.69. The van der Waals surface area contributed by atoms with Crippen LogP contribution in [0.15, 0.2) is 55.1 Å². The molecule has 0 aliphatic rings. The molecule has 3 aromatic heterocycles. The summed E-state index contributed by atoms with van der Waals surface area (Å²) in [6, 6.07) is 8.01. The third kappa shape index (κ3) is 3.24. The minimum atomic E-state index is -4.45. The van der Waals surface area contributed by atoms with Gasteiger partial charge in [0.1, 0.15) is 35.0 Å². The highest BCUT2D eigenvalue weighted by Crippen LogP contribution is 2.30. The van der Waals surface area contributed by atoms with Gasteiger partial charge < -0.3 is 0 Å². The number of benzene rings is 1. The molecule has 1 aromatic carbocycles. The maximum atomic E-state index is 13.2. The van der Waals surface area contributed by atoms with Crippen LogP contribution in [0.2, 0.25) is 0 Å². The summed E-state index contributed by atoms with van der Waals surface area (Å²) in [6.07, 6.45) is -0.631. The topological polar surface area (TPSA) is 61.4 Å². The Kier molecular flexibility index (Phi) is 4.17. The van der Waals surface area contributed by atoms with Crippen LogP contribution in [0.4, 0.5) is 17.6 Å². The molecule has 0 radical (unpaired) electrons. The van der Waals surface area contributed by atoms with Crippen molar-refractivity contribution in [3.8, 4) is 28.5 Å². The van der Waals surface area contributed by atoms with E-state index in [0.717, 1.165) is 12.3 Å². The second kappa shape index (κ2) is 6.55. The number of alkyl halides is 3. The van der Waals surface area contributed by atoms with Gasteiger partial charge in [0, 0.05) is 25.0 Å². The van der Waals surface area contributed by atoms with Crippen molar-refractivity contribution in [2.75, 3.05) is 0 Å². The molecule has 0 N–H and O–H groups in total. The van der Waals surface area contributed by atoms with Crippen LogP contribution in [0.3, 0.4) is 0 Å². The smallest absolute Gasteiger partial charge is 0.290 e. The number of rotatable bonds is 3. The molecule has 0 spiro atoms. The van der Waals surface area contributed by atoms with Gasteiger partial charge in [-0.2, -0.15) is 13.2 Å². The summed E-state index contributed by atoms with van der Waals surface area (Å²) < 4.78 is 54.3. The quantitative estimate of drug-likeness (QED) is 0.500. The summed E-state index contributed by atoms with van der Waals surface area (Å²) in [5, 5.41) is 8.11. The van der Waals surface area contributed by atoms with Crippen molar-refractivity contribution in [1.82, 2.24) is 29.5 Å². The minimum Gasteiger partial charge on any atom is -0.290 e. The molecule has 0 fully saturated rings. The second-order valence-electron chi connectivity index (χ2n) is 5.99. The van der Waals surface area contributed by atoms with Gasteiger partial charge in [0.15, 0.2) is 0 Å². The molecule has 0 saturated heterocycles. The van der Waals surface area contributed by atoms with E-state index in [9.17, 15) is 17.6 Å². The van der Waals surface area contributed by atoms with Crippen molar-refractivity contribution in [2.24, 2.45) is 7.05 Å². The lowest BCUT2D eigenvalue weighted by Crippen LogP contribution is -2.06. The van der Waals surface area contributed by atoms with Crippen molar-refractivity contribution in [3.63, 3.8) is 0 Å². The number of nitrogens with zero attached hydrogens (tertiary/aromatic N) is 6. The number of aromatic nitrogens is 6. The highest BCUT2D eigenvalue weighted by atomic mass is 19.4. The first kappa shape index (κ1) is 17.8. The Balaban J connectivity index is 1.71. The highest BCUT2D eigenvalue weighted by molar-refractivity contribution is 5.75. The number of hydrogen-bond donors (Lipinski definition) is 0. The lowest BCUT2D eigenvalue weighted by molar-refractivity contribution is -0.137. The maximum absolute atomic E-state index is 13.2. The van der Waals surface area contributed by atoms with Crippen LogP contribution >= 0.6 is 0 Å². The molecule has 0 unspecified atom stereocenters. The van der Waals surface area contributed by atoms with Crippen LogP contribution in [0.1, 0.15) is 5.56 Å². The average Bonchev–Trinajstić information content (AvgIpc) is 3.28. The lowest BCUT2D eigenvalue weighted by Gasteiger charge is -2.07. The van der Waals surface area contributed by atoms with Gasteiger partial charge in [-0.1, -0.05) is 5.21 Å². The Morgan fingerprint density at radius 3 is 2.36 bits per heavy atom. The Morgan fingerprint density at radius 1 is 0.964 bits per heavy atom. The van der Waals surface area contributed by atoms with Crippen LogP contribution in [-0.2, 0) is 13.2 Å². The molecule has 0 amide bonds. The van der Waals surface area contributed by atoms with E-state index in [4.69, 9.17) is 0 Å². The van der Waals surface area contributed by atoms with Crippen molar-refractivity contribution in [2.45, 2.75) is 6.18 Å². The molecule has 6 nitrogen and oxygen atoms in total. The van der Waals surface area contributed by atoms with E-state index in [0.29, 0.717) is 22.6 Å². The number of pyridine rings is 1. The highest BCUT2D eigenvalue weighted by Gasteiger charge is 2.30. The van der Waals surface area contributed by atoms with Gasteiger partial charge in [0.25, 0.3) is 0 Å². The Labute approximate surface area is 156 Å². The third-order valence-corrected chi connectivity index (χ3v) is 4.11. The van der Waals surface area contributed by atoms with E-state index in [1.807, 2.05) is 0 Å². The molecule has 10 heteroatoms. The summed E-state index contributed by atoms with van der Waals surface area (Å²) in [5.74, 6) is -0.0861. The lowest BCUT2D eigenvalue weighted by atomic mass is 10.1. The first-order valence-electron chi connectivity index (χ1n) is 8.06. The van der Waals surface area contributed by atoms with Crippen LogP contribution < -0.4 is 0 Å². The van der Waals surface area contributed by atoms with Crippen LogP contribution in [-0.4, -0.2) is 29.5 Å². The summed E-state index contributed by atoms with van der Waals surface area (Å²) in [5.41, 5.74) is 1.41. The first-order chi connectivity index (χ1) is 13.3. The van der Waals surface area contributed by atoms with Gasteiger partial charge >= 0.3 is 6.18 Å². The molecule has 0 bridgehead atoms. The molecule has 142 valence electrons. The second-order valence-corrected chi connectivity index (χ2v) is 5.99. The predicted molar refractivity (Wildman–Crippen MR) is 91.8 cm³/mol. The molecule has 4 aromatic rings. The molecule has 0 aliphatic carbocycles. The van der Waals surface area contributed by atoms with E-state index in [1.54, 1.807) is 25.4 Å². The zero-order valence-electron chi connectivity index (χ0n) is 14.4. The van der Waals surface area contributed by atoms with Gasteiger partial charge in [0.05, 0.1) is 5.56 Å². The number of hydrogen-bond acceptors (Lipinski definition) is 4. The average molecular weight is 388 g/mol. The Morgan fingerprint density at radius 2 is 1.71 bits per heavy atom. The van der Waals surface area contributed by atoms with Gasteiger partial charge in [-0.25, -0.2) is 19.0 Å². The summed E-state index contributed by atoms with van der Waals surface area (Å²) in [6.45, 7) is 0. The normalized spacial score (nSPS) is 11.8. The molecular weight excluding hydrogens is 376 g/mol. The van der Waals surface area contributed by atoms with Crippen molar-refractivity contribution in [1.29, 1.82) is 0 Å². The maximum Gasteiger partial charge on any atom is 0.417 e. The number of halogens is 4. The van der Waals surface area contributed by atoms with Gasteiger partial charge in [-0.3, -0.25) is 4.57 Å². The first-order valence-corrected chi connectivity index (χ1v) is 8.06. The zero-order valence-corrected chi connectivity index (χ0v) is 14.4. The van der Waals surface area contributed by atoms with E-state index >= 15 is 0 Å². The van der Waals surface area contributed by atoms with Crippen molar-refractivity contribution >= 4 is 0 Å². The summed E-state index contributed by atoms with van der Waals surface area (Å²) in [4.78, 5) is 8.14. The van der Waals surface area contributed by atoms with Crippen molar-refractivity contribution < 1.29 is 17.6 Å². The van der Waals surface area contributed by atoms with Crippen LogP contribution in [0.5, 0.6) is 0 Å². The van der Waals surface area contributed by atoms with E-state index in [2.05, 4.69) is 20.3 Å². The number of aryl methyl sites for hydroxylation is 1. The van der Waals surface area contributed by atoms with E-state index in [1.165, 1.54) is 33.8 Å². The van der Waals surface area contributed by atoms with Crippen LogP contribution in [0, 0.1) is 5.82 Å². The predicted octanol–water partition coefficient (Wildman–Crippen LogP) is 3.89. The fourth-order valence-corrected chi connectivity index (χ4v) is 2.72. The monoisotopic (exact) mass is 388 g/mol. The minimum absolute atomic E-state index is 0.283. The molecule has 28 heavy (non-hydrogen) atoms. The number of imidazole rings is 1. The summed E-state index contributed by atoms with van der Waals surface area (Å²) >= 11 is 0. The molecule has 0 aliphatic heterocycles. The molecular formula is C18H12F4N6.